The zero-order valence-electron chi connectivity index (χ0n) is 18.3. The smallest absolute Gasteiger partial charge is 0.250 e. The zero-order chi connectivity index (χ0) is 23.3. The Kier molecular flexibility index (Phi) is 5.05. The lowest BCUT2D eigenvalue weighted by molar-refractivity contribution is -0.142. The summed E-state index contributed by atoms with van der Waals surface area (Å²) < 4.78 is 0. The van der Waals surface area contributed by atoms with Gasteiger partial charge in [-0.15, -0.1) is 0 Å². The van der Waals surface area contributed by atoms with Crippen LogP contribution in [0.4, 0.5) is 5.69 Å². The van der Waals surface area contributed by atoms with Crippen molar-refractivity contribution in [2.45, 2.75) is 37.8 Å². The summed E-state index contributed by atoms with van der Waals surface area (Å²) in [6.07, 6.45) is 0.870. The van der Waals surface area contributed by atoms with Gasteiger partial charge in [-0.2, -0.15) is 0 Å². The second-order valence-electron chi connectivity index (χ2n) is 9.08. The van der Waals surface area contributed by atoms with Crippen molar-refractivity contribution in [1.29, 1.82) is 0 Å². The molecule has 8 heteroatoms. The van der Waals surface area contributed by atoms with Crippen LogP contribution in [0.25, 0.3) is 0 Å². The number of likely N-dealkylation sites (tertiary alicyclic amines) is 1. The van der Waals surface area contributed by atoms with E-state index in [1.165, 1.54) is 4.90 Å². The van der Waals surface area contributed by atoms with Crippen molar-refractivity contribution in [3.8, 4) is 0 Å². The topological polar surface area (TPSA) is 122 Å². The van der Waals surface area contributed by atoms with E-state index in [2.05, 4.69) is 10.6 Å². The van der Waals surface area contributed by atoms with Crippen molar-refractivity contribution in [2.24, 2.45) is 17.6 Å². The molecular weight excluding hydrogens is 420 g/mol. The molecule has 4 N–H and O–H groups in total. The molecule has 5 rings (SSSR count). The Morgan fingerprint density at radius 2 is 1.82 bits per heavy atom. The second-order valence-corrected chi connectivity index (χ2v) is 9.08. The highest BCUT2D eigenvalue weighted by Gasteiger charge is 2.70. The fraction of sp³-hybridized carbons (Fsp3) is 0.360. The summed E-state index contributed by atoms with van der Waals surface area (Å²) in [5.41, 5.74) is 7.28. The Balaban J connectivity index is 1.53. The first kappa shape index (κ1) is 21.3. The van der Waals surface area contributed by atoms with Gasteiger partial charge in [-0.1, -0.05) is 48.5 Å². The maximum atomic E-state index is 13.7. The van der Waals surface area contributed by atoms with E-state index >= 15 is 0 Å². The van der Waals surface area contributed by atoms with E-state index in [-0.39, 0.29) is 37.1 Å². The number of fused-ring (bicyclic) bond motifs is 4. The van der Waals surface area contributed by atoms with E-state index < -0.39 is 29.3 Å². The van der Waals surface area contributed by atoms with E-state index in [0.717, 1.165) is 11.1 Å². The fourth-order valence-electron chi connectivity index (χ4n) is 5.69. The molecule has 4 amide bonds. The molecular formula is C25H26N4O4. The van der Waals surface area contributed by atoms with Crippen LogP contribution in [0, 0.1) is 18.8 Å². The van der Waals surface area contributed by atoms with Gasteiger partial charge < -0.3 is 11.1 Å². The molecule has 0 saturated carbocycles. The van der Waals surface area contributed by atoms with Crippen LogP contribution in [0.5, 0.6) is 0 Å². The third-order valence-electron chi connectivity index (χ3n) is 7.22. The molecule has 2 saturated heterocycles. The number of rotatable bonds is 6. The molecule has 3 aliphatic rings. The van der Waals surface area contributed by atoms with E-state index in [0.29, 0.717) is 17.7 Å². The van der Waals surface area contributed by atoms with Crippen molar-refractivity contribution in [3.63, 3.8) is 0 Å². The van der Waals surface area contributed by atoms with Gasteiger partial charge in [0.2, 0.25) is 23.6 Å². The summed E-state index contributed by atoms with van der Waals surface area (Å²) in [6, 6.07) is 14.7. The minimum Gasteiger partial charge on any atom is -0.370 e. The van der Waals surface area contributed by atoms with Crippen molar-refractivity contribution < 1.29 is 19.2 Å². The van der Waals surface area contributed by atoms with Crippen LogP contribution in [-0.2, 0) is 31.1 Å². The summed E-state index contributed by atoms with van der Waals surface area (Å²) in [6.45, 7) is 2.14. The summed E-state index contributed by atoms with van der Waals surface area (Å²) in [4.78, 5) is 53.4. The number of amides is 4. The van der Waals surface area contributed by atoms with Gasteiger partial charge in [-0.05, 0) is 30.9 Å². The molecule has 33 heavy (non-hydrogen) atoms. The number of nitrogens with zero attached hydrogens (tertiary/aromatic N) is 1. The van der Waals surface area contributed by atoms with Gasteiger partial charge in [-0.3, -0.25) is 29.4 Å². The Bertz CT molecular complexity index is 1160. The molecule has 4 atom stereocenters. The number of nitrogens with two attached hydrogens (primary N) is 1. The minimum absolute atomic E-state index is 0.0603. The second kappa shape index (κ2) is 7.81. The van der Waals surface area contributed by atoms with Crippen LogP contribution in [0.1, 0.15) is 29.5 Å². The monoisotopic (exact) mass is 446 g/mol. The van der Waals surface area contributed by atoms with E-state index in [1.54, 1.807) is 0 Å². The first-order valence-corrected chi connectivity index (χ1v) is 11.2. The predicted molar refractivity (Wildman–Crippen MR) is 121 cm³/mol. The number of aryl methyl sites for hydroxylation is 1. The maximum Gasteiger partial charge on any atom is 0.250 e. The Labute approximate surface area is 191 Å². The van der Waals surface area contributed by atoms with Crippen LogP contribution in [0.15, 0.2) is 48.5 Å². The molecule has 2 aromatic rings. The number of carbonyl (C=O) groups excluding carboxylic acids is 4. The van der Waals surface area contributed by atoms with E-state index in [1.807, 2.05) is 55.5 Å². The third kappa shape index (κ3) is 3.16. The van der Waals surface area contributed by atoms with E-state index in [9.17, 15) is 19.2 Å². The quantitative estimate of drug-likeness (QED) is 0.576. The first-order valence-electron chi connectivity index (χ1n) is 11.2. The molecule has 0 aliphatic carbocycles. The molecule has 3 heterocycles. The van der Waals surface area contributed by atoms with Gasteiger partial charge in [0, 0.05) is 30.3 Å². The van der Waals surface area contributed by atoms with Crippen LogP contribution in [0.3, 0.4) is 0 Å². The number of primary amides is 1. The lowest BCUT2D eigenvalue weighted by atomic mass is 9.76. The van der Waals surface area contributed by atoms with Gasteiger partial charge >= 0.3 is 0 Å². The SMILES string of the molecule is Cc1cccc2c1NC(=O)[C@]21N[C@@H](CCC(N)=O)[C@H]2C(=O)N(CCc3ccccc3)C(=O)[C@@H]21. The van der Waals surface area contributed by atoms with Gasteiger partial charge in [0.15, 0.2) is 0 Å². The Morgan fingerprint density at radius 3 is 2.55 bits per heavy atom. The number of imide groups is 1. The van der Waals surface area contributed by atoms with Crippen LogP contribution in [0.2, 0.25) is 0 Å². The molecule has 0 unspecified atom stereocenters. The lowest BCUT2D eigenvalue weighted by Crippen LogP contribution is -2.53. The molecule has 2 aromatic carbocycles. The molecule has 170 valence electrons. The highest BCUT2D eigenvalue weighted by Crippen LogP contribution is 2.54. The van der Waals surface area contributed by atoms with Crippen molar-refractivity contribution in [1.82, 2.24) is 10.2 Å². The normalized spacial score (nSPS) is 27.7. The van der Waals surface area contributed by atoms with Crippen LogP contribution >= 0.6 is 0 Å². The highest BCUT2D eigenvalue weighted by molar-refractivity contribution is 6.15. The largest absolute Gasteiger partial charge is 0.370 e. The van der Waals surface area contributed by atoms with Crippen molar-refractivity contribution >= 4 is 29.3 Å². The number of hydrogen-bond donors (Lipinski definition) is 3. The minimum atomic E-state index is -1.34. The van der Waals surface area contributed by atoms with Gasteiger partial charge in [-0.25, -0.2) is 0 Å². The maximum absolute atomic E-state index is 13.7. The summed E-state index contributed by atoms with van der Waals surface area (Å²) >= 11 is 0. The number of hydrogen-bond acceptors (Lipinski definition) is 5. The van der Waals surface area contributed by atoms with Gasteiger partial charge in [0.1, 0.15) is 5.54 Å². The fourth-order valence-corrected chi connectivity index (χ4v) is 5.69. The number of nitrogens with one attached hydrogen (secondary N) is 2. The first-order chi connectivity index (χ1) is 15.8. The van der Waals surface area contributed by atoms with Crippen molar-refractivity contribution in [2.75, 3.05) is 11.9 Å². The Hall–Kier alpha value is -3.52. The van der Waals surface area contributed by atoms with Gasteiger partial charge in [0.05, 0.1) is 11.8 Å². The molecule has 0 bridgehead atoms. The number of carbonyl (C=O) groups is 4. The summed E-state index contributed by atoms with van der Waals surface area (Å²) in [5.74, 6) is -3.08. The predicted octanol–water partition coefficient (Wildman–Crippen LogP) is 1.22. The average Bonchev–Trinajstić information content (AvgIpc) is 3.38. The number of benzene rings is 2. The molecule has 0 aromatic heterocycles. The molecule has 8 nitrogen and oxygen atoms in total. The molecule has 3 aliphatic heterocycles. The molecule has 2 fully saturated rings. The molecule has 0 radical (unpaired) electrons. The van der Waals surface area contributed by atoms with Crippen LogP contribution < -0.4 is 16.4 Å². The lowest BCUT2D eigenvalue weighted by Gasteiger charge is -2.29. The number of para-hydroxylation sites is 1. The van der Waals surface area contributed by atoms with Gasteiger partial charge in [0.25, 0.3) is 0 Å². The number of anilines is 1. The highest BCUT2D eigenvalue weighted by atomic mass is 16.2. The zero-order valence-corrected chi connectivity index (χ0v) is 18.3. The average molecular weight is 447 g/mol. The third-order valence-corrected chi connectivity index (χ3v) is 7.22. The Morgan fingerprint density at radius 1 is 1.06 bits per heavy atom. The van der Waals surface area contributed by atoms with Crippen molar-refractivity contribution in [3.05, 3.63) is 65.2 Å². The van der Waals surface area contributed by atoms with E-state index in [4.69, 9.17) is 5.73 Å². The van der Waals surface area contributed by atoms with Crippen LogP contribution in [-0.4, -0.2) is 41.1 Å². The summed E-state index contributed by atoms with van der Waals surface area (Å²) in [7, 11) is 0. The standard InChI is InChI=1S/C25H26N4O4/c1-14-6-5-9-16-21(14)27-24(33)25(16)20-19(17(28-25)10-11-18(26)30)22(31)29(23(20)32)13-12-15-7-3-2-4-8-15/h2-9,17,19-20,28H,10-13H2,1H3,(H2,26,30)(H,27,33)/t17-,19+,20+,25-/m0/s1. The molecule has 1 spiro atoms. The summed E-state index contributed by atoms with van der Waals surface area (Å²) in [5, 5.41) is 6.25.